The first kappa shape index (κ1) is 12.0. The van der Waals surface area contributed by atoms with Gasteiger partial charge in [0, 0.05) is 24.3 Å². The van der Waals surface area contributed by atoms with Crippen molar-refractivity contribution in [3.8, 4) is 5.75 Å². The fraction of sp³-hybridized carbons (Fsp3) is 0.500. The number of nitrogen functional groups attached to an aromatic ring is 1. The van der Waals surface area contributed by atoms with Gasteiger partial charge in [0.25, 0.3) is 0 Å². The van der Waals surface area contributed by atoms with Crippen molar-refractivity contribution in [2.24, 2.45) is 5.73 Å². The van der Waals surface area contributed by atoms with Crippen LogP contribution in [0.15, 0.2) is 18.2 Å². The molecule has 1 fully saturated rings. The van der Waals surface area contributed by atoms with Crippen LogP contribution in [0.1, 0.15) is 6.42 Å². The summed E-state index contributed by atoms with van der Waals surface area (Å²) in [5.41, 5.74) is 12.9. The maximum Gasteiger partial charge on any atom is 0.143 e. The number of anilines is 2. The highest BCUT2D eigenvalue weighted by atomic mass is 19.1. The number of rotatable bonds is 2. The number of alkyl halides is 1. The normalized spacial score (nSPS) is 24.8. The molecule has 5 heteroatoms. The van der Waals surface area contributed by atoms with Gasteiger partial charge in [-0.2, -0.15) is 0 Å². The number of benzene rings is 1. The fourth-order valence-corrected chi connectivity index (χ4v) is 2.05. The largest absolute Gasteiger partial charge is 0.495 e. The second-order valence-electron chi connectivity index (χ2n) is 4.34. The molecule has 1 heterocycles. The fourth-order valence-electron chi connectivity index (χ4n) is 2.05. The summed E-state index contributed by atoms with van der Waals surface area (Å²) in [5.74, 6) is 0.618. The first-order valence-electron chi connectivity index (χ1n) is 5.70. The van der Waals surface area contributed by atoms with Gasteiger partial charge < -0.3 is 21.1 Å². The molecule has 0 bridgehead atoms. The van der Waals surface area contributed by atoms with E-state index in [1.807, 2.05) is 17.0 Å². The van der Waals surface area contributed by atoms with Gasteiger partial charge >= 0.3 is 0 Å². The van der Waals surface area contributed by atoms with E-state index in [-0.39, 0.29) is 6.04 Å². The second-order valence-corrected chi connectivity index (χ2v) is 4.34. The Labute approximate surface area is 100 Å². The van der Waals surface area contributed by atoms with Gasteiger partial charge in [-0.25, -0.2) is 4.39 Å². The third-order valence-electron chi connectivity index (χ3n) is 3.17. The number of hydrogen-bond donors (Lipinski definition) is 2. The summed E-state index contributed by atoms with van der Waals surface area (Å²) in [6.07, 6.45) is -0.319. The minimum Gasteiger partial charge on any atom is -0.495 e. The maximum atomic E-state index is 13.6. The summed E-state index contributed by atoms with van der Waals surface area (Å²) >= 11 is 0. The molecule has 0 saturated carbocycles. The van der Waals surface area contributed by atoms with Crippen LogP contribution in [0.25, 0.3) is 0 Å². The lowest BCUT2D eigenvalue weighted by atomic mass is 10.0. The summed E-state index contributed by atoms with van der Waals surface area (Å²) in [6, 6.07) is 5.14. The minimum atomic E-state index is -0.979. The molecule has 1 aromatic carbocycles. The third-order valence-corrected chi connectivity index (χ3v) is 3.17. The van der Waals surface area contributed by atoms with E-state index in [4.69, 9.17) is 16.2 Å². The molecule has 1 saturated heterocycles. The monoisotopic (exact) mass is 239 g/mol. The molecule has 0 radical (unpaired) electrons. The molecule has 0 spiro atoms. The molecule has 0 aromatic heterocycles. The molecule has 4 N–H and O–H groups in total. The van der Waals surface area contributed by atoms with E-state index < -0.39 is 6.17 Å². The summed E-state index contributed by atoms with van der Waals surface area (Å²) in [5, 5.41) is 0. The highest BCUT2D eigenvalue weighted by molar-refractivity contribution is 5.62. The van der Waals surface area contributed by atoms with Gasteiger partial charge in [-0.15, -0.1) is 0 Å². The van der Waals surface area contributed by atoms with Gasteiger partial charge in [-0.3, -0.25) is 0 Å². The Morgan fingerprint density at radius 2 is 2.24 bits per heavy atom. The number of nitrogens with two attached hydrogens (primary N) is 2. The van der Waals surface area contributed by atoms with Crippen LogP contribution in [0.3, 0.4) is 0 Å². The van der Waals surface area contributed by atoms with E-state index in [0.29, 0.717) is 24.4 Å². The molecular weight excluding hydrogens is 221 g/mol. The van der Waals surface area contributed by atoms with Crippen molar-refractivity contribution in [2.45, 2.75) is 18.6 Å². The smallest absolute Gasteiger partial charge is 0.143 e. The van der Waals surface area contributed by atoms with Crippen LogP contribution in [-0.2, 0) is 0 Å². The molecule has 0 amide bonds. The molecule has 1 aliphatic heterocycles. The molecule has 1 aliphatic rings. The molecule has 4 nitrogen and oxygen atoms in total. The summed E-state index contributed by atoms with van der Waals surface area (Å²) < 4.78 is 18.7. The quantitative estimate of drug-likeness (QED) is 0.760. The first-order valence-corrected chi connectivity index (χ1v) is 5.70. The second kappa shape index (κ2) is 4.79. The molecule has 94 valence electrons. The topological polar surface area (TPSA) is 64.5 Å². The first-order chi connectivity index (χ1) is 8.11. The van der Waals surface area contributed by atoms with Crippen molar-refractivity contribution in [3.05, 3.63) is 18.2 Å². The van der Waals surface area contributed by atoms with Crippen LogP contribution in [0.2, 0.25) is 0 Å². The van der Waals surface area contributed by atoms with Crippen LogP contribution in [-0.4, -0.2) is 32.4 Å². The Kier molecular flexibility index (Phi) is 3.38. The Hall–Kier alpha value is -1.49. The van der Waals surface area contributed by atoms with E-state index in [0.717, 1.165) is 12.2 Å². The average Bonchev–Trinajstić information content (AvgIpc) is 2.33. The average molecular weight is 239 g/mol. The van der Waals surface area contributed by atoms with Crippen LogP contribution < -0.4 is 21.1 Å². The van der Waals surface area contributed by atoms with Crippen molar-refractivity contribution in [1.82, 2.24) is 0 Å². The van der Waals surface area contributed by atoms with Crippen LogP contribution >= 0.6 is 0 Å². The zero-order chi connectivity index (χ0) is 12.4. The van der Waals surface area contributed by atoms with Crippen molar-refractivity contribution in [2.75, 3.05) is 30.8 Å². The Morgan fingerprint density at radius 1 is 1.47 bits per heavy atom. The van der Waals surface area contributed by atoms with E-state index in [2.05, 4.69) is 0 Å². The van der Waals surface area contributed by atoms with Crippen molar-refractivity contribution < 1.29 is 9.13 Å². The van der Waals surface area contributed by atoms with Gasteiger partial charge in [0.15, 0.2) is 0 Å². The number of methoxy groups -OCH3 is 1. The highest BCUT2D eigenvalue weighted by Crippen LogP contribution is 2.29. The molecular formula is C12H18FN3O. The maximum absolute atomic E-state index is 13.6. The third kappa shape index (κ3) is 2.44. The van der Waals surface area contributed by atoms with Gasteiger partial charge in [0.2, 0.25) is 0 Å². The lowest BCUT2D eigenvalue weighted by Crippen LogP contribution is -2.48. The zero-order valence-electron chi connectivity index (χ0n) is 9.90. The standard InChI is InChI=1S/C12H18FN3O/c1-17-12-6-8(2-3-11(12)15)16-5-4-10(14)9(13)7-16/h2-3,6,9-10H,4-5,7,14-15H2,1H3/t9-,10-/m0/s1. The van der Waals surface area contributed by atoms with Gasteiger partial charge in [-0.1, -0.05) is 0 Å². The molecule has 2 rings (SSSR count). The van der Waals surface area contributed by atoms with Crippen molar-refractivity contribution in [1.29, 1.82) is 0 Å². The Bertz CT molecular complexity index is 399. The number of hydrogen-bond acceptors (Lipinski definition) is 4. The molecule has 17 heavy (non-hydrogen) atoms. The minimum absolute atomic E-state index is 0.328. The van der Waals surface area contributed by atoms with Crippen LogP contribution in [0.4, 0.5) is 15.8 Å². The van der Waals surface area contributed by atoms with E-state index in [1.54, 1.807) is 13.2 Å². The van der Waals surface area contributed by atoms with Gasteiger partial charge in [0.1, 0.15) is 11.9 Å². The van der Waals surface area contributed by atoms with E-state index >= 15 is 0 Å². The SMILES string of the molecule is COc1cc(N2CC[C@H](N)[C@@H](F)C2)ccc1N. The van der Waals surface area contributed by atoms with Crippen molar-refractivity contribution >= 4 is 11.4 Å². The number of ether oxygens (including phenoxy) is 1. The number of piperidine rings is 1. The Morgan fingerprint density at radius 3 is 2.88 bits per heavy atom. The van der Waals surface area contributed by atoms with E-state index in [9.17, 15) is 4.39 Å². The summed E-state index contributed by atoms with van der Waals surface area (Å²) in [6.45, 7) is 1.09. The lowest BCUT2D eigenvalue weighted by molar-refractivity contribution is 0.251. The summed E-state index contributed by atoms with van der Waals surface area (Å²) in [7, 11) is 1.57. The predicted molar refractivity (Wildman–Crippen MR) is 67.1 cm³/mol. The summed E-state index contributed by atoms with van der Waals surface area (Å²) in [4.78, 5) is 1.97. The zero-order valence-corrected chi connectivity index (χ0v) is 9.90. The Balaban J connectivity index is 2.17. The van der Waals surface area contributed by atoms with Crippen LogP contribution in [0, 0.1) is 0 Å². The predicted octanol–water partition coefficient (Wildman–Crippen LogP) is 1.15. The molecule has 0 unspecified atom stereocenters. The number of halogens is 1. The van der Waals surface area contributed by atoms with Gasteiger partial charge in [0.05, 0.1) is 19.3 Å². The highest BCUT2D eigenvalue weighted by Gasteiger charge is 2.26. The molecule has 0 aliphatic carbocycles. The van der Waals surface area contributed by atoms with E-state index in [1.165, 1.54) is 0 Å². The molecule has 1 aromatic rings. The number of nitrogens with zero attached hydrogens (tertiary/aromatic N) is 1. The lowest BCUT2D eigenvalue weighted by Gasteiger charge is -2.34. The van der Waals surface area contributed by atoms with Gasteiger partial charge in [-0.05, 0) is 18.6 Å². The van der Waals surface area contributed by atoms with Crippen LogP contribution in [0.5, 0.6) is 5.75 Å². The molecule has 2 atom stereocenters. The van der Waals surface area contributed by atoms with Crippen molar-refractivity contribution in [3.63, 3.8) is 0 Å².